The molecule has 0 aliphatic rings. The topological polar surface area (TPSA) is 66.4 Å². The predicted molar refractivity (Wildman–Crippen MR) is 51.6 cm³/mol. The molecule has 0 fully saturated rings. The van der Waals surface area contributed by atoms with Crippen molar-refractivity contribution in [3.8, 4) is 5.75 Å². The van der Waals surface area contributed by atoms with E-state index in [9.17, 15) is 13.5 Å². The van der Waals surface area contributed by atoms with Crippen LogP contribution in [0.15, 0.2) is 18.2 Å². The van der Waals surface area contributed by atoms with Crippen LogP contribution >= 0.6 is 11.6 Å². The molecule has 0 saturated heterocycles. The van der Waals surface area contributed by atoms with Crippen LogP contribution in [0.4, 0.5) is 5.69 Å². The number of benzene rings is 1. The molecule has 0 heterocycles. The molecule has 0 aliphatic heterocycles. The molecule has 0 radical (unpaired) electrons. The van der Waals surface area contributed by atoms with Crippen molar-refractivity contribution < 1.29 is 13.5 Å². The van der Waals surface area contributed by atoms with Gasteiger partial charge in [-0.2, -0.15) is 0 Å². The Kier molecular flexibility index (Phi) is 2.68. The Labute approximate surface area is 81.2 Å². The fourth-order valence-electron chi connectivity index (χ4n) is 0.799. The summed E-state index contributed by atoms with van der Waals surface area (Å²) < 4.78 is 23.8. The van der Waals surface area contributed by atoms with Gasteiger partial charge in [-0.1, -0.05) is 17.7 Å². The number of phenols is 1. The predicted octanol–water partition coefficient (Wildman–Crippen LogP) is 1.42. The molecule has 4 nitrogen and oxygen atoms in total. The normalized spacial score (nSPS) is 11.2. The average Bonchev–Trinajstić information content (AvgIpc) is 1.95. The van der Waals surface area contributed by atoms with Gasteiger partial charge >= 0.3 is 0 Å². The first-order valence-electron chi connectivity index (χ1n) is 3.35. The number of para-hydroxylation sites is 1. The van der Waals surface area contributed by atoms with Gasteiger partial charge in [0, 0.05) is 0 Å². The molecule has 0 aliphatic carbocycles. The third-order valence-electron chi connectivity index (χ3n) is 1.28. The zero-order valence-corrected chi connectivity index (χ0v) is 8.35. The number of aromatic hydroxyl groups is 1. The Morgan fingerprint density at radius 1 is 1.46 bits per heavy atom. The van der Waals surface area contributed by atoms with E-state index >= 15 is 0 Å². The van der Waals surface area contributed by atoms with Crippen molar-refractivity contribution in [3.05, 3.63) is 23.2 Å². The number of phenolic OH excluding ortho intramolecular Hbond substituents is 1. The van der Waals surface area contributed by atoms with E-state index in [1.165, 1.54) is 18.2 Å². The molecule has 13 heavy (non-hydrogen) atoms. The molecule has 0 unspecified atom stereocenters. The lowest BCUT2D eigenvalue weighted by Gasteiger charge is -2.07. The number of hydrogen-bond donors (Lipinski definition) is 2. The van der Waals surface area contributed by atoms with Crippen LogP contribution < -0.4 is 4.72 Å². The van der Waals surface area contributed by atoms with Crippen LogP contribution in [0.3, 0.4) is 0 Å². The Hall–Kier alpha value is -0.940. The Morgan fingerprint density at radius 2 is 2.08 bits per heavy atom. The molecule has 0 spiro atoms. The molecule has 0 saturated carbocycles. The molecule has 2 N–H and O–H groups in total. The van der Waals surface area contributed by atoms with Crippen LogP contribution in [0.1, 0.15) is 0 Å². The summed E-state index contributed by atoms with van der Waals surface area (Å²) in [4.78, 5) is 0. The number of sulfonamides is 1. The van der Waals surface area contributed by atoms with Gasteiger partial charge in [0.15, 0.2) is 0 Å². The molecule has 6 heteroatoms. The summed E-state index contributed by atoms with van der Waals surface area (Å²) in [6.45, 7) is 0. The summed E-state index contributed by atoms with van der Waals surface area (Å²) in [7, 11) is -3.42. The van der Waals surface area contributed by atoms with E-state index in [4.69, 9.17) is 11.6 Å². The van der Waals surface area contributed by atoms with Crippen molar-refractivity contribution in [2.24, 2.45) is 0 Å². The quantitative estimate of drug-likeness (QED) is 0.743. The van der Waals surface area contributed by atoms with Crippen molar-refractivity contribution in [1.82, 2.24) is 0 Å². The van der Waals surface area contributed by atoms with Crippen molar-refractivity contribution in [2.75, 3.05) is 11.0 Å². The van der Waals surface area contributed by atoms with Gasteiger partial charge in [0.05, 0.1) is 11.3 Å². The minimum atomic E-state index is -3.42. The average molecular weight is 222 g/mol. The van der Waals surface area contributed by atoms with E-state index in [2.05, 4.69) is 4.72 Å². The lowest BCUT2D eigenvalue weighted by Crippen LogP contribution is -2.09. The lowest BCUT2D eigenvalue weighted by atomic mass is 10.3. The minimum absolute atomic E-state index is 0.00617. The summed E-state index contributed by atoms with van der Waals surface area (Å²) in [5, 5.41) is 9.40. The minimum Gasteiger partial charge on any atom is -0.506 e. The van der Waals surface area contributed by atoms with Gasteiger partial charge in [0.1, 0.15) is 11.4 Å². The van der Waals surface area contributed by atoms with Crippen LogP contribution in [-0.2, 0) is 10.0 Å². The lowest BCUT2D eigenvalue weighted by molar-refractivity contribution is 0.477. The molecule has 1 rings (SSSR count). The molecule has 0 aromatic heterocycles. The van der Waals surface area contributed by atoms with Gasteiger partial charge in [-0.3, -0.25) is 4.72 Å². The fraction of sp³-hybridized carbons (Fsp3) is 0.143. The smallest absolute Gasteiger partial charge is 0.229 e. The zero-order valence-electron chi connectivity index (χ0n) is 6.78. The summed E-state index contributed by atoms with van der Waals surface area (Å²) in [6.07, 6.45) is 0.982. The van der Waals surface area contributed by atoms with Crippen molar-refractivity contribution in [2.45, 2.75) is 0 Å². The van der Waals surface area contributed by atoms with Gasteiger partial charge < -0.3 is 5.11 Å². The third kappa shape index (κ3) is 2.78. The monoisotopic (exact) mass is 221 g/mol. The highest BCUT2D eigenvalue weighted by Crippen LogP contribution is 2.31. The highest BCUT2D eigenvalue weighted by molar-refractivity contribution is 7.92. The Morgan fingerprint density at radius 3 is 2.54 bits per heavy atom. The van der Waals surface area contributed by atoms with E-state index in [1.807, 2.05) is 0 Å². The fourth-order valence-corrected chi connectivity index (χ4v) is 1.66. The van der Waals surface area contributed by atoms with Crippen LogP contribution in [-0.4, -0.2) is 19.8 Å². The first-order valence-corrected chi connectivity index (χ1v) is 5.62. The third-order valence-corrected chi connectivity index (χ3v) is 2.17. The van der Waals surface area contributed by atoms with Crippen LogP contribution in [0, 0.1) is 0 Å². The van der Waals surface area contributed by atoms with E-state index < -0.39 is 10.0 Å². The highest BCUT2D eigenvalue weighted by atomic mass is 35.5. The van der Waals surface area contributed by atoms with Gasteiger partial charge in [0.25, 0.3) is 0 Å². The maximum atomic E-state index is 10.8. The van der Waals surface area contributed by atoms with Gasteiger partial charge in [-0.25, -0.2) is 8.42 Å². The Balaban J connectivity index is 3.15. The van der Waals surface area contributed by atoms with Gasteiger partial charge in [0.2, 0.25) is 10.0 Å². The Bertz CT molecular complexity index is 395. The molecule has 0 amide bonds. The number of hydrogen-bond acceptors (Lipinski definition) is 3. The number of anilines is 1. The van der Waals surface area contributed by atoms with Crippen LogP contribution in [0.25, 0.3) is 0 Å². The molecule has 1 aromatic carbocycles. The number of nitrogens with one attached hydrogen (secondary N) is 1. The van der Waals surface area contributed by atoms with Crippen LogP contribution in [0.2, 0.25) is 5.02 Å². The second-order valence-corrected chi connectivity index (χ2v) is 4.66. The van der Waals surface area contributed by atoms with E-state index in [-0.39, 0.29) is 16.5 Å². The maximum absolute atomic E-state index is 10.8. The van der Waals surface area contributed by atoms with Crippen molar-refractivity contribution in [3.63, 3.8) is 0 Å². The summed E-state index contributed by atoms with van der Waals surface area (Å²) in [5.41, 5.74) is 0.00617. The zero-order chi connectivity index (χ0) is 10.1. The van der Waals surface area contributed by atoms with E-state index in [0.717, 1.165) is 6.26 Å². The van der Waals surface area contributed by atoms with Gasteiger partial charge in [-0.15, -0.1) is 0 Å². The summed E-state index contributed by atoms with van der Waals surface area (Å²) >= 11 is 5.65. The summed E-state index contributed by atoms with van der Waals surface area (Å²) in [5.74, 6) is -0.196. The second-order valence-electron chi connectivity index (χ2n) is 2.51. The van der Waals surface area contributed by atoms with Crippen molar-refractivity contribution >= 4 is 27.3 Å². The highest BCUT2D eigenvalue weighted by Gasteiger charge is 2.09. The largest absolute Gasteiger partial charge is 0.506 e. The van der Waals surface area contributed by atoms with E-state index in [0.29, 0.717) is 0 Å². The molecule has 1 aromatic rings. The van der Waals surface area contributed by atoms with Crippen LogP contribution in [0.5, 0.6) is 5.75 Å². The maximum Gasteiger partial charge on any atom is 0.229 e. The molecular weight excluding hydrogens is 214 g/mol. The van der Waals surface area contributed by atoms with Crippen molar-refractivity contribution in [1.29, 1.82) is 0 Å². The standard InChI is InChI=1S/C7H8ClNO3S/c1-13(11,12)9-7-5(8)3-2-4-6(7)10/h2-4,9-10H,1H3. The first-order chi connectivity index (χ1) is 5.90. The first kappa shape index (κ1) is 10.1. The molecule has 0 bridgehead atoms. The molecule has 72 valence electrons. The van der Waals surface area contributed by atoms with Gasteiger partial charge in [-0.05, 0) is 12.1 Å². The molecule has 0 atom stereocenters. The SMILES string of the molecule is CS(=O)(=O)Nc1c(O)cccc1Cl. The number of halogens is 1. The second kappa shape index (κ2) is 3.43. The molecular formula is C7H8ClNO3S. The number of rotatable bonds is 2. The summed E-state index contributed by atoms with van der Waals surface area (Å²) in [6, 6.07) is 4.35. The van der Waals surface area contributed by atoms with E-state index in [1.54, 1.807) is 0 Å².